The molecule has 1 N–H and O–H groups in total. The van der Waals surface area contributed by atoms with E-state index in [-0.39, 0.29) is 11.8 Å². The van der Waals surface area contributed by atoms with Crippen molar-refractivity contribution in [2.45, 2.75) is 17.9 Å². The minimum Gasteiger partial charge on any atom is -0.308 e. The molecule has 1 aromatic heterocycles. The Morgan fingerprint density at radius 2 is 1.95 bits per heavy atom. The highest BCUT2D eigenvalue weighted by atomic mass is 35.5. The minimum absolute atomic E-state index is 0.0738. The van der Waals surface area contributed by atoms with Crippen molar-refractivity contribution in [1.82, 2.24) is 5.32 Å². The standard InChI is InChI=1S/C14H16ClNO2S2/c1-11(14-3-2-9-19-14)16-8-10-20(17,18)13-6-4-12(15)5-7-13/h2-7,9,11,16H,8,10H2,1H3. The average Bonchev–Trinajstić information content (AvgIpc) is 2.93. The molecule has 1 atom stereocenters. The zero-order chi connectivity index (χ0) is 14.6. The lowest BCUT2D eigenvalue weighted by Crippen LogP contribution is -2.25. The third kappa shape index (κ3) is 4.06. The smallest absolute Gasteiger partial charge is 0.179 e. The number of hydrogen-bond acceptors (Lipinski definition) is 4. The summed E-state index contributed by atoms with van der Waals surface area (Å²) in [6, 6.07) is 10.5. The van der Waals surface area contributed by atoms with Crippen molar-refractivity contribution in [3.8, 4) is 0 Å². The Hall–Kier alpha value is -0.880. The van der Waals surface area contributed by atoms with Crippen LogP contribution in [-0.4, -0.2) is 20.7 Å². The second-order valence-corrected chi connectivity index (χ2v) is 7.99. The van der Waals surface area contributed by atoms with Crippen molar-refractivity contribution in [2.75, 3.05) is 12.3 Å². The molecular weight excluding hydrogens is 314 g/mol. The Kier molecular flexibility index (Phi) is 5.21. The van der Waals surface area contributed by atoms with Crippen LogP contribution in [0.5, 0.6) is 0 Å². The van der Waals surface area contributed by atoms with E-state index in [4.69, 9.17) is 11.6 Å². The lowest BCUT2D eigenvalue weighted by molar-refractivity contribution is 0.575. The maximum Gasteiger partial charge on any atom is 0.179 e. The Balaban J connectivity index is 1.91. The first-order chi connectivity index (χ1) is 9.49. The van der Waals surface area contributed by atoms with Crippen LogP contribution >= 0.6 is 22.9 Å². The van der Waals surface area contributed by atoms with Gasteiger partial charge in [0.1, 0.15) is 0 Å². The van der Waals surface area contributed by atoms with Gasteiger partial charge in [-0.05, 0) is 42.6 Å². The van der Waals surface area contributed by atoms with Crippen LogP contribution in [-0.2, 0) is 9.84 Å². The predicted molar refractivity (Wildman–Crippen MR) is 84.2 cm³/mol. The summed E-state index contributed by atoms with van der Waals surface area (Å²) in [4.78, 5) is 1.52. The van der Waals surface area contributed by atoms with Gasteiger partial charge in [-0.25, -0.2) is 8.42 Å². The molecule has 0 aliphatic carbocycles. The molecule has 0 fully saturated rings. The summed E-state index contributed by atoms with van der Waals surface area (Å²) < 4.78 is 24.3. The van der Waals surface area contributed by atoms with Crippen molar-refractivity contribution in [3.05, 3.63) is 51.7 Å². The molecule has 1 aromatic carbocycles. The molecule has 108 valence electrons. The summed E-state index contributed by atoms with van der Waals surface area (Å²) in [7, 11) is -3.26. The molecule has 0 amide bonds. The number of hydrogen-bond donors (Lipinski definition) is 1. The fraction of sp³-hybridized carbons (Fsp3) is 0.286. The molecule has 0 spiro atoms. The zero-order valence-electron chi connectivity index (χ0n) is 11.0. The van der Waals surface area contributed by atoms with Gasteiger partial charge in [-0.1, -0.05) is 17.7 Å². The number of thiophene rings is 1. The minimum atomic E-state index is -3.26. The van der Waals surface area contributed by atoms with Crippen molar-refractivity contribution in [2.24, 2.45) is 0 Å². The van der Waals surface area contributed by atoms with Gasteiger partial charge >= 0.3 is 0 Å². The molecule has 0 saturated carbocycles. The molecule has 3 nitrogen and oxygen atoms in total. The summed E-state index contributed by atoms with van der Waals surface area (Å²) in [6.45, 7) is 2.45. The highest BCUT2D eigenvalue weighted by molar-refractivity contribution is 7.91. The average molecular weight is 330 g/mol. The van der Waals surface area contributed by atoms with Gasteiger partial charge in [-0.15, -0.1) is 11.3 Å². The fourth-order valence-electron chi connectivity index (χ4n) is 1.81. The van der Waals surface area contributed by atoms with Crippen LogP contribution in [0, 0.1) is 0 Å². The predicted octanol–water partition coefficient (Wildman–Crippen LogP) is 3.53. The normalized spacial score (nSPS) is 13.3. The quantitative estimate of drug-likeness (QED) is 0.882. The maximum atomic E-state index is 12.1. The molecule has 20 heavy (non-hydrogen) atoms. The Bertz CT molecular complexity index is 636. The van der Waals surface area contributed by atoms with Crippen molar-refractivity contribution < 1.29 is 8.42 Å². The second kappa shape index (κ2) is 6.72. The lowest BCUT2D eigenvalue weighted by atomic mass is 10.3. The van der Waals surface area contributed by atoms with Crippen LogP contribution < -0.4 is 5.32 Å². The van der Waals surface area contributed by atoms with Crippen LogP contribution in [0.4, 0.5) is 0 Å². The molecule has 0 radical (unpaired) electrons. The van der Waals surface area contributed by atoms with E-state index in [1.165, 1.54) is 4.88 Å². The Labute approximate surface area is 128 Å². The zero-order valence-corrected chi connectivity index (χ0v) is 13.4. The van der Waals surface area contributed by atoms with E-state index in [2.05, 4.69) is 5.32 Å². The van der Waals surface area contributed by atoms with E-state index in [0.717, 1.165) is 0 Å². The van der Waals surface area contributed by atoms with Gasteiger partial charge in [0.15, 0.2) is 9.84 Å². The largest absolute Gasteiger partial charge is 0.308 e. The monoisotopic (exact) mass is 329 g/mol. The topological polar surface area (TPSA) is 46.2 Å². The SMILES string of the molecule is CC(NCCS(=O)(=O)c1ccc(Cl)cc1)c1cccs1. The molecule has 2 aromatic rings. The molecule has 0 bridgehead atoms. The third-order valence-corrected chi connectivity index (χ3v) is 6.00. The fourth-order valence-corrected chi connectivity index (χ4v) is 3.87. The summed E-state index contributed by atoms with van der Waals surface area (Å²) >= 11 is 7.42. The van der Waals surface area contributed by atoms with E-state index in [0.29, 0.717) is 16.5 Å². The van der Waals surface area contributed by atoms with E-state index in [1.54, 1.807) is 35.6 Å². The molecular formula is C14H16ClNO2S2. The van der Waals surface area contributed by atoms with Gasteiger partial charge in [0.2, 0.25) is 0 Å². The van der Waals surface area contributed by atoms with Crippen LogP contribution in [0.1, 0.15) is 17.8 Å². The van der Waals surface area contributed by atoms with Gasteiger partial charge in [-0.3, -0.25) is 0 Å². The summed E-state index contributed by atoms with van der Waals surface area (Å²) in [5.41, 5.74) is 0. The van der Waals surface area contributed by atoms with Crippen molar-refractivity contribution in [3.63, 3.8) is 0 Å². The molecule has 0 saturated heterocycles. The van der Waals surface area contributed by atoms with Gasteiger partial charge in [0.05, 0.1) is 10.6 Å². The summed E-state index contributed by atoms with van der Waals surface area (Å²) in [5, 5.41) is 5.77. The van der Waals surface area contributed by atoms with Crippen molar-refractivity contribution in [1.29, 1.82) is 0 Å². The number of halogens is 1. The molecule has 2 rings (SSSR count). The van der Waals surface area contributed by atoms with E-state index >= 15 is 0 Å². The second-order valence-electron chi connectivity index (χ2n) is 4.46. The number of sulfone groups is 1. The third-order valence-electron chi connectivity index (χ3n) is 2.96. The molecule has 1 heterocycles. The van der Waals surface area contributed by atoms with Crippen LogP contribution in [0.15, 0.2) is 46.7 Å². The van der Waals surface area contributed by atoms with E-state index < -0.39 is 9.84 Å². The van der Waals surface area contributed by atoms with Gasteiger partial charge in [-0.2, -0.15) is 0 Å². The van der Waals surface area contributed by atoms with Gasteiger partial charge in [0, 0.05) is 22.5 Å². The van der Waals surface area contributed by atoms with E-state index in [1.807, 2.05) is 24.4 Å². The lowest BCUT2D eigenvalue weighted by Gasteiger charge is -2.12. The molecule has 1 unspecified atom stereocenters. The Morgan fingerprint density at radius 1 is 1.25 bits per heavy atom. The molecule has 6 heteroatoms. The first kappa shape index (κ1) is 15.5. The van der Waals surface area contributed by atoms with E-state index in [9.17, 15) is 8.42 Å². The molecule has 0 aliphatic rings. The van der Waals surface area contributed by atoms with Gasteiger partial charge < -0.3 is 5.32 Å². The van der Waals surface area contributed by atoms with Gasteiger partial charge in [0.25, 0.3) is 0 Å². The summed E-state index contributed by atoms with van der Waals surface area (Å²) in [5.74, 6) is 0.0738. The first-order valence-electron chi connectivity index (χ1n) is 6.24. The van der Waals surface area contributed by atoms with Crippen LogP contribution in [0.25, 0.3) is 0 Å². The maximum absolute atomic E-state index is 12.1. The highest BCUT2D eigenvalue weighted by Crippen LogP contribution is 2.18. The number of nitrogens with one attached hydrogen (secondary N) is 1. The number of rotatable bonds is 6. The highest BCUT2D eigenvalue weighted by Gasteiger charge is 2.15. The first-order valence-corrected chi connectivity index (χ1v) is 9.15. The van der Waals surface area contributed by atoms with Crippen LogP contribution in [0.3, 0.4) is 0 Å². The summed E-state index contributed by atoms with van der Waals surface area (Å²) in [6.07, 6.45) is 0. The Morgan fingerprint density at radius 3 is 2.55 bits per heavy atom. The number of benzene rings is 1. The van der Waals surface area contributed by atoms with Crippen LogP contribution in [0.2, 0.25) is 5.02 Å². The van der Waals surface area contributed by atoms with Crippen molar-refractivity contribution >= 4 is 32.8 Å². The molecule has 0 aliphatic heterocycles.